The molecular weight excluding hydrogens is 842 g/mol. The Hall–Kier alpha value is -5.78. The molecular formula is C36H30F14N8O2. The summed E-state index contributed by atoms with van der Waals surface area (Å²) in [4.78, 5) is 14.6. The number of anilines is 2. The highest BCUT2D eigenvalue weighted by atomic mass is 19.4. The lowest BCUT2D eigenvalue weighted by molar-refractivity contribution is -0.141. The summed E-state index contributed by atoms with van der Waals surface area (Å²) in [7, 11) is 0. The SMILES string of the molecule is CC(C)(O)C(Nc1nc(C(F)(F)F)cc2nccn12)c1ccc(C(F)(F)F)c(F)c1.CC(C)(O)C(Nc1nc(C(F)(F)F)cc2nccn12)c1ccc(C(F)(F)F)c(F)c1. The fourth-order valence-corrected chi connectivity index (χ4v) is 5.82. The summed E-state index contributed by atoms with van der Waals surface area (Å²) in [6.07, 6.45) is -14.4. The predicted octanol–water partition coefficient (Wildman–Crippen LogP) is 9.66. The Morgan fingerprint density at radius 2 is 0.850 bits per heavy atom. The van der Waals surface area contributed by atoms with Crippen LogP contribution in [0.3, 0.4) is 0 Å². The summed E-state index contributed by atoms with van der Waals surface area (Å²) in [6.45, 7) is 5.05. The number of halogens is 14. The topological polar surface area (TPSA) is 125 Å². The van der Waals surface area contributed by atoms with Crippen molar-refractivity contribution in [1.29, 1.82) is 0 Å². The first kappa shape index (κ1) is 45.3. The van der Waals surface area contributed by atoms with Gasteiger partial charge in [0, 0.05) is 36.9 Å². The molecule has 2 atom stereocenters. The summed E-state index contributed by atoms with van der Waals surface area (Å²) in [6, 6.07) is 2.79. The molecule has 4 heterocycles. The number of nitrogens with one attached hydrogen (secondary N) is 2. The number of imidazole rings is 2. The lowest BCUT2D eigenvalue weighted by atomic mass is 9.91. The molecule has 2 unspecified atom stereocenters. The number of rotatable bonds is 8. The number of benzene rings is 2. The average molecular weight is 873 g/mol. The number of aromatic nitrogens is 6. The second kappa shape index (κ2) is 15.7. The van der Waals surface area contributed by atoms with Gasteiger partial charge in [0.2, 0.25) is 11.9 Å². The van der Waals surface area contributed by atoms with Crippen molar-refractivity contribution >= 4 is 23.2 Å². The van der Waals surface area contributed by atoms with E-state index in [1.807, 2.05) is 0 Å². The van der Waals surface area contributed by atoms with Crippen molar-refractivity contribution in [3.63, 3.8) is 0 Å². The summed E-state index contributed by atoms with van der Waals surface area (Å²) < 4.78 is 186. The molecule has 0 spiro atoms. The van der Waals surface area contributed by atoms with Crippen LogP contribution in [-0.4, -0.2) is 50.2 Å². The highest BCUT2D eigenvalue weighted by Crippen LogP contribution is 2.38. The van der Waals surface area contributed by atoms with Gasteiger partial charge in [0.05, 0.1) is 34.4 Å². The zero-order chi connectivity index (χ0) is 45.0. The number of hydrogen-bond acceptors (Lipinski definition) is 8. The monoisotopic (exact) mass is 872 g/mol. The molecule has 0 aliphatic heterocycles. The van der Waals surface area contributed by atoms with Gasteiger partial charge in [-0.25, -0.2) is 28.7 Å². The number of aliphatic hydroxyl groups is 2. The highest BCUT2D eigenvalue weighted by molar-refractivity contribution is 5.51. The summed E-state index contributed by atoms with van der Waals surface area (Å²) in [5.41, 5.74) is -9.45. The first-order valence-corrected chi connectivity index (χ1v) is 16.9. The molecule has 324 valence electrons. The van der Waals surface area contributed by atoms with E-state index in [-0.39, 0.29) is 34.3 Å². The van der Waals surface area contributed by atoms with Crippen LogP contribution in [0.25, 0.3) is 11.3 Å². The zero-order valence-corrected chi connectivity index (χ0v) is 31.0. The van der Waals surface area contributed by atoms with Crippen molar-refractivity contribution < 1.29 is 71.7 Å². The summed E-state index contributed by atoms with van der Waals surface area (Å²) in [5.74, 6) is -3.93. The van der Waals surface area contributed by atoms with Crippen molar-refractivity contribution in [2.24, 2.45) is 0 Å². The second-order valence-corrected chi connectivity index (χ2v) is 14.2. The third kappa shape index (κ3) is 10.1. The predicted molar refractivity (Wildman–Crippen MR) is 184 cm³/mol. The van der Waals surface area contributed by atoms with Gasteiger partial charge in [-0.2, -0.15) is 52.7 Å². The van der Waals surface area contributed by atoms with Crippen LogP contribution in [0.15, 0.2) is 73.3 Å². The molecule has 4 N–H and O–H groups in total. The molecule has 0 amide bonds. The fraction of sp³-hybridized carbons (Fsp3) is 0.333. The van der Waals surface area contributed by atoms with E-state index in [0.717, 1.165) is 20.9 Å². The molecule has 2 aromatic carbocycles. The first-order valence-electron chi connectivity index (χ1n) is 16.9. The van der Waals surface area contributed by atoms with E-state index in [9.17, 15) is 71.7 Å². The Kier molecular flexibility index (Phi) is 11.8. The van der Waals surface area contributed by atoms with E-state index in [0.29, 0.717) is 36.4 Å². The van der Waals surface area contributed by atoms with Crippen LogP contribution in [0.4, 0.5) is 73.4 Å². The molecule has 0 saturated carbocycles. The normalized spacial score (nSPS) is 14.2. The largest absolute Gasteiger partial charge is 0.433 e. The Morgan fingerprint density at radius 3 is 1.12 bits per heavy atom. The average Bonchev–Trinajstić information content (AvgIpc) is 3.77. The van der Waals surface area contributed by atoms with E-state index >= 15 is 0 Å². The van der Waals surface area contributed by atoms with Gasteiger partial charge in [0.1, 0.15) is 22.9 Å². The Labute approximate surface area is 328 Å². The van der Waals surface area contributed by atoms with Gasteiger partial charge in [-0.15, -0.1) is 0 Å². The third-order valence-electron chi connectivity index (χ3n) is 8.58. The van der Waals surface area contributed by atoms with Gasteiger partial charge >= 0.3 is 24.7 Å². The van der Waals surface area contributed by atoms with Crippen LogP contribution in [0.2, 0.25) is 0 Å². The van der Waals surface area contributed by atoms with Crippen molar-refractivity contribution in [2.45, 2.75) is 75.7 Å². The second-order valence-electron chi connectivity index (χ2n) is 14.2. The molecule has 0 bridgehead atoms. The molecule has 0 aliphatic carbocycles. The van der Waals surface area contributed by atoms with Crippen LogP contribution in [0.5, 0.6) is 0 Å². The molecule has 60 heavy (non-hydrogen) atoms. The maximum atomic E-state index is 14.0. The quantitative estimate of drug-likeness (QED) is 0.112. The van der Waals surface area contributed by atoms with Gasteiger partial charge in [0.25, 0.3) is 0 Å². The molecule has 24 heteroatoms. The van der Waals surface area contributed by atoms with Gasteiger partial charge in [0.15, 0.2) is 11.4 Å². The summed E-state index contributed by atoms with van der Waals surface area (Å²) >= 11 is 0. The summed E-state index contributed by atoms with van der Waals surface area (Å²) in [5, 5.41) is 26.1. The standard InChI is InChI=1S/2C18H15F7N4O/c2*1-16(2,30)14(9-3-4-10(11(19)7-9)17(20,21)22)28-15-27-12(18(23,24)25)8-13-26-5-6-29(13)15/h2*3-8,14,30H,1-2H3,(H,27,28). The fourth-order valence-electron chi connectivity index (χ4n) is 5.82. The lowest BCUT2D eigenvalue weighted by Gasteiger charge is -2.31. The number of hydrogen-bond donors (Lipinski definition) is 4. The Balaban J connectivity index is 0.000000228. The van der Waals surface area contributed by atoms with Gasteiger partial charge in [-0.3, -0.25) is 8.80 Å². The van der Waals surface area contributed by atoms with Crippen LogP contribution in [0.1, 0.15) is 73.4 Å². The zero-order valence-electron chi connectivity index (χ0n) is 31.0. The Bertz CT molecular complexity index is 2310. The van der Waals surface area contributed by atoms with Crippen molar-refractivity contribution in [3.05, 3.63) is 119 Å². The molecule has 6 aromatic rings. The molecule has 0 saturated heterocycles. The highest BCUT2D eigenvalue weighted by Gasteiger charge is 2.40. The number of nitrogens with zero attached hydrogens (tertiary/aromatic N) is 6. The maximum Gasteiger partial charge on any atom is 0.433 e. The first-order chi connectivity index (χ1) is 27.4. The smallest absolute Gasteiger partial charge is 0.388 e. The minimum atomic E-state index is -4.92. The van der Waals surface area contributed by atoms with Crippen LogP contribution < -0.4 is 10.6 Å². The molecule has 6 rings (SSSR count). The van der Waals surface area contributed by atoms with Gasteiger partial charge in [-0.05, 0) is 63.1 Å². The Morgan fingerprint density at radius 1 is 0.517 bits per heavy atom. The van der Waals surface area contributed by atoms with Crippen LogP contribution in [-0.2, 0) is 24.7 Å². The lowest BCUT2D eigenvalue weighted by Crippen LogP contribution is -2.35. The molecule has 4 aromatic heterocycles. The maximum absolute atomic E-state index is 14.0. The van der Waals surface area contributed by atoms with Gasteiger partial charge in [-0.1, -0.05) is 12.1 Å². The van der Waals surface area contributed by atoms with Crippen molar-refractivity contribution in [2.75, 3.05) is 10.6 Å². The molecule has 0 radical (unpaired) electrons. The van der Waals surface area contributed by atoms with Crippen LogP contribution in [0, 0.1) is 11.6 Å². The minimum absolute atomic E-state index is 0.104. The molecule has 10 nitrogen and oxygen atoms in total. The number of fused-ring (bicyclic) bond motifs is 2. The molecule has 0 fully saturated rings. The van der Waals surface area contributed by atoms with E-state index in [1.54, 1.807) is 0 Å². The van der Waals surface area contributed by atoms with Crippen LogP contribution >= 0.6 is 0 Å². The van der Waals surface area contributed by atoms with E-state index in [4.69, 9.17) is 0 Å². The van der Waals surface area contributed by atoms with E-state index in [2.05, 4.69) is 30.6 Å². The van der Waals surface area contributed by atoms with Crippen molar-refractivity contribution in [3.8, 4) is 0 Å². The number of alkyl halides is 12. The minimum Gasteiger partial charge on any atom is -0.388 e. The van der Waals surface area contributed by atoms with Crippen molar-refractivity contribution in [1.82, 2.24) is 28.7 Å². The third-order valence-corrected chi connectivity index (χ3v) is 8.58. The van der Waals surface area contributed by atoms with E-state index in [1.165, 1.54) is 52.5 Å². The van der Waals surface area contributed by atoms with E-state index < -0.39 is 82.1 Å². The molecule has 0 aliphatic rings. The van der Waals surface area contributed by atoms with Gasteiger partial charge < -0.3 is 20.8 Å².